The number of carbonyl (C=O) groups is 2. The molecule has 3 aromatic rings. The van der Waals surface area contributed by atoms with Gasteiger partial charge < -0.3 is 10.2 Å². The van der Waals surface area contributed by atoms with Gasteiger partial charge in [-0.3, -0.25) is 14.4 Å². The molecule has 2 amide bonds. The van der Waals surface area contributed by atoms with E-state index in [0.717, 1.165) is 37.1 Å². The van der Waals surface area contributed by atoms with Crippen LogP contribution in [0.25, 0.3) is 0 Å². The van der Waals surface area contributed by atoms with Crippen LogP contribution in [0.5, 0.6) is 0 Å². The van der Waals surface area contributed by atoms with Crippen LogP contribution >= 0.6 is 0 Å². The topological polar surface area (TPSA) is 84.3 Å². The van der Waals surface area contributed by atoms with Gasteiger partial charge >= 0.3 is 0 Å². The molecule has 1 fully saturated rings. The van der Waals surface area contributed by atoms with Gasteiger partial charge in [-0.15, -0.1) is 0 Å². The number of amides is 2. The molecule has 0 atom stereocenters. The summed E-state index contributed by atoms with van der Waals surface area (Å²) < 4.78 is 1.28. The van der Waals surface area contributed by atoms with Crippen LogP contribution in [-0.2, 0) is 13.1 Å². The molecule has 158 valence electrons. The molecule has 7 heteroatoms. The van der Waals surface area contributed by atoms with E-state index in [-0.39, 0.29) is 23.1 Å². The van der Waals surface area contributed by atoms with Crippen molar-refractivity contribution < 1.29 is 9.59 Å². The second-order valence-corrected chi connectivity index (χ2v) is 7.58. The standard InChI is InChI=1S/C24H24N4O3/c29-22-13-12-21(26-28(22)17-19-6-2-1-3-7-19)23(30)25-16-18-8-10-20(11-9-18)24(31)27-14-4-5-15-27/h1-3,6-13H,4-5,14-17H2,(H,25,30). The van der Waals surface area contributed by atoms with Gasteiger partial charge in [0.05, 0.1) is 6.54 Å². The van der Waals surface area contributed by atoms with Crippen LogP contribution in [0.15, 0.2) is 71.5 Å². The summed E-state index contributed by atoms with van der Waals surface area (Å²) in [6.07, 6.45) is 2.12. The van der Waals surface area contributed by atoms with E-state index in [1.807, 2.05) is 47.4 Å². The van der Waals surface area contributed by atoms with E-state index in [9.17, 15) is 14.4 Å². The summed E-state index contributed by atoms with van der Waals surface area (Å²) >= 11 is 0. The number of hydrogen-bond donors (Lipinski definition) is 1. The number of nitrogens with one attached hydrogen (secondary N) is 1. The van der Waals surface area contributed by atoms with Gasteiger partial charge in [-0.1, -0.05) is 42.5 Å². The highest BCUT2D eigenvalue weighted by atomic mass is 16.2. The van der Waals surface area contributed by atoms with E-state index < -0.39 is 0 Å². The van der Waals surface area contributed by atoms with E-state index in [1.54, 1.807) is 12.1 Å². The minimum atomic E-state index is -0.362. The summed E-state index contributed by atoms with van der Waals surface area (Å²) in [7, 11) is 0. The fourth-order valence-corrected chi connectivity index (χ4v) is 3.58. The highest BCUT2D eigenvalue weighted by Crippen LogP contribution is 2.13. The zero-order valence-electron chi connectivity index (χ0n) is 17.2. The number of rotatable bonds is 6. The van der Waals surface area contributed by atoms with E-state index >= 15 is 0 Å². The van der Waals surface area contributed by atoms with Crippen LogP contribution in [0.4, 0.5) is 0 Å². The third-order valence-electron chi connectivity index (χ3n) is 5.32. The smallest absolute Gasteiger partial charge is 0.271 e. The summed E-state index contributed by atoms with van der Waals surface area (Å²) in [4.78, 5) is 38.9. The Morgan fingerprint density at radius 1 is 0.871 bits per heavy atom. The molecule has 0 aliphatic carbocycles. The van der Waals surface area contributed by atoms with Crippen LogP contribution in [0.3, 0.4) is 0 Å². The first kappa shape index (κ1) is 20.5. The molecular weight excluding hydrogens is 392 g/mol. The van der Waals surface area contributed by atoms with E-state index in [2.05, 4.69) is 10.4 Å². The molecule has 31 heavy (non-hydrogen) atoms. The molecule has 0 unspecified atom stereocenters. The van der Waals surface area contributed by atoms with Crippen molar-refractivity contribution in [1.82, 2.24) is 20.0 Å². The second-order valence-electron chi connectivity index (χ2n) is 7.58. The van der Waals surface area contributed by atoms with Crippen LogP contribution in [0.2, 0.25) is 0 Å². The maximum absolute atomic E-state index is 12.5. The summed E-state index contributed by atoms with van der Waals surface area (Å²) in [5.74, 6) is -0.308. The number of benzene rings is 2. The second kappa shape index (κ2) is 9.38. The molecule has 1 aliphatic heterocycles. The van der Waals surface area contributed by atoms with Crippen molar-refractivity contribution >= 4 is 11.8 Å². The lowest BCUT2D eigenvalue weighted by Crippen LogP contribution is -2.29. The Bertz CT molecular complexity index is 1120. The number of likely N-dealkylation sites (tertiary alicyclic amines) is 1. The van der Waals surface area contributed by atoms with Gasteiger partial charge in [-0.2, -0.15) is 5.10 Å². The van der Waals surface area contributed by atoms with Gasteiger partial charge in [0.15, 0.2) is 0 Å². The van der Waals surface area contributed by atoms with Crippen molar-refractivity contribution in [2.75, 3.05) is 13.1 Å². The first-order valence-electron chi connectivity index (χ1n) is 10.4. The SMILES string of the molecule is O=C(NCc1ccc(C(=O)N2CCCC2)cc1)c1ccc(=O)n(Cc2ccccc2)n1. The molecule has 0 saturated carbocycles. The van der Waals surface area contributed by atoms with E-state index in [4.69, 9.17) is 0 Å². The third-order valence-corrected chi connectivity index (χ3v) is 5.32. The quantitative estimate of drug-likeness (QED) is 0.669. The van der Waals surface area contributed by atoms with Crippen molar-refractivity contribution in [3.8, 4) is 0 Å². The normalized spacial score (nSPS) is 13.2. The number of nitrogens with zero attached hydrogens (tertiary/aromatic N) is 3. The molecule has 2 heterocycles. The van der Waals surface area contributed by atoms with E-state index in [0.29, 0.717) is 18.7 Å². The Hall–Kier alpha value is -3.74. The maximum atomic E-state index is 12.5. The highest BCUT2D eigenvalue weighted by Gasteiger charge is 2.19. The van der Waals surface area contributed by atoms with Gasteiger partial charge in [-0.05, 0) is 42.2 Å². The first-order chi connectivity index (χ1) is 15.1. The third kappa shape index (κ3) is 5.06. The Balaban J connectivity index is 1.38. The highest BCUT2D eigenvalue weighted by molar-refractivity contribution is 5.94. The minimum Gasteiger partial charge on any atom is -0.347 e. The summed E-state index contributed by atoms with van der Waals surface area (Å²) in [6, 6.07) is 19.5. The van der Waals surface area contributed by atoms with E-state index in [1.165, 1.54) is 16.8 Å². The summed E-state index contributed by atoms with van der Waals surface area (Å²) in [5.41, 5.74) is 2.38. The van der Waals surface area contributed by atoms with Crippen LogP contribution in [-0.4, -0.2) is 39.6 Å². The minimum absolute atomic E-state index is 0.0537. The molecule has 0 bridgehead atoms. The predicted octanol–water partition coefficient (Wildman–Crippen LogP) is 2.46. The fourth-order valence-electron chi connectivity index (χ4n) is 3.58. The number of hydrogen-bond acceptors (Lipinski definition) is 4. The van der Waals surface area contributed by atoms with Crippen molar-refractivity contribution in [1.29, 1.82) is 0 Å². The Kier molecular flexibility index (Phi) is 6.21. The summed E-state index contributed by atoms with van der Waals surface area (Å²) in [6.45, 7) is 2.23. The van der Waals surface area contributed by atoms with Crippen LogP contribution in [0, 0.1) is 0 Å². The Labute approximate surface area is 180 Å². The molecule has 1 N–H and O–H groups in total. The van der Waals surface area contributed by atoms with Gasteiger partial charge in [0.25, 0.3) is 17.4 Å². The van der Waals surface area contributed by atoms with Crippen molar-refractivity contribution in [3.63, 3.8) is 0 Å². The lowest BCUT2D eigenvalue weighted by atomic mass is 10.1. The zero-order chi connectivity index (χ0) is 21.6. The van der Waals surface area contributed by atoms with Crippen molar-refractivity contribution in [3.05, 3.63) is 99.5 Å². The van der Waals surface area contributed by atoms with Crippen molar-refractivity contribution in [2.24, 2.45) is 0 Å². The molecule has 4 rings (SSSR count). The lowest BCUT2D eigenvalue weighted by Gasteiger charge is -2.15. The van der Waals surface area contributed by atoms with Gasteiger partial charge in [-0.25, -0.2) is 4.68 Å². The average molecular weight is 416 g/mol. The Morgan fingerprint density at radius 2 is 1.58 bits per heavy atom. The fraction of sp³-hybridized carbons (Fsp3) is 0.250. The molecule has 7 nitrogen and oxygen atoms in total. The predicted molar refractivity (Wildman–Crippen MR) is 117 cm³/mol. The van der Waals surface area contributed by atoms with Crippen LogP contribution in [0.1, 0.15) is 44.8 Å². The molecular formula is C24H24N4O3. The van der Waals surface area contributed by atoms with Crippen molar-refractivity contribution in [2.45, 2.75) is 25.9 Å². The number of aromatic nitrogens is 2. The molecule has 2 aromatic carbocycles. The lowest BCUT2D eigenvalue weighted by molar-refractivity contribution is 0.0792. The summed E-state index contributed by atoms with van der Waals surface area (Å²) in [5, 5.41) is 7.02. The molecule has 0 spiro atoms. The maximum Gasteiger partial charge on any atom is 0.271 e. The molecule has 1 aromatic heterocycles. The van der Waals surface area contributed by atoms with Gasteiger partial charge in [0, 0.05) is 31.3 Å². The zero-order valence-corrected chi connectivity index (χ0v) is 17.2. The largest absolute Gasteiger partial charge is 0.347 e. The van der Waals surface area contributed by atoms with Crippen LogP contribution < -0.4 is 10.9 Å². The Morgan fingerprint density at radius 3 is 2.29 bits per heavy atom. The molecule has 1 saturated heterocycles. The molecule has 0 radical (unpaired) electrons. The molecule has 1 aliphatic rings. The average Bonchev–Trinajstić information content (AvgIpc) is 3.34. The van der Waals surface area contributed by atoms with Gasteiger partial charge in [0.2, 0.25) is 0 Å². The first-order valence-corrected chi connectivity index (χ1v) is 10.4. The van der Waals surface area contributed by atoms with Gasteiger partial charge in [0.1, 0.15) is 5.69 Å². The number of carbonyl (C=O) groups excluding carboxylic acids is 2. The monoisotopic (exact) mass is 416 g/mol.